The zero-order valence-electron chi connectivity index (χ0n) is 9.71. The van der Waals surface area contributed by atoms with Crippen molar-refractivity contribution in [2.75, 3.05) is 33.9 Å². The third kappa shape index (κ3) is 8.44. The molecule has 4 nitrogen and oxygen atoms in total. The Morgan fingerprint density at radius 3 is 2.29 bits per heavy atom. The highest BCUT2D eigenvalue weighted by Gasteiger charge is 2.02. The SMILES string of the molecule is COC(CNCCCOC(C)C)OC. The second kappa shape index (κ2) is 9.40. The molecule has 0 aromatic rings. The number of hydrogen-bond donors (Lipinski definition) is 1. The fraction of sp³-hybridized carbons (Fsp3) is 1.00. The molecule has 0 aliphatic rings. The van der Waals surface area contributed by atoms with Gasteiger partial charge in [0.2, 0.25) is 0 Å². The highest BCUT2D eigenvalue weighted by atomic mass is 16.7. The van der Waals surface area contributed by atoms with Crippen LogP contribution in [0.15, 0.2) is 0 Å². The zero-order chi connectivity index (χ0) is 10.8. The van der Waals surface area contributed by atoms with Crippen LogP contribution in [-0.4, -0.2) is 46.3 Å². The van der Waals surface area contributed by atoms with Crippen molar-refractivity contribution in [1.29, 1.82) is 0 Å². The van der Waals surface area contributed by atoms with Crippen LogP contribution >= 0.6 is 0 Å². The minimum absolute atomic E-state index is 0.152. The molecular formula is C10H23NO3. The molecule has 14 heavy (non-hydrogen) atoms. The van der Waals surface area contributed by atoms with Crippen LogP contribution in [0, 0.1) is 0 Å². The predicted molar refractivity (Wildman–Crippen MR) is 56.4 cm³/mol. The molecule has 0 aromatic heterocycles. The summed E-state index contributed by atoms with van der Waals surface area (Å²) in [4.78, 5) is 0. The summed E-state index contributed by atoms with van der Waals surface area (Å²) in [6.07, 6.45) is 1.18. The van der Waals surface area contributed by atoms with E-state index in [0.29, 0.717) is 12.6 Å². The van der Waals surface area contributed by atoms with Gasteiger partial charge < -0.3 is 19.5 Å². The normalized spacial score (nSPS) is 11.6. The average Bonchev–Trinajstić information content (AvgIpc) is 2.16. The van der Waals surface area contributed by atoms with Gasteiger partial charge in [-0.25, -0.2) is 0 Å². The van der Waals surface area contributed by atoms with Crippen molar-refractivity contribution in [3.8, 4) is 0 Å². The second-order valence-corrected chi connectivity index (χ2v) is 3.38. The van der Waals surface area contributed by atoms with Crippen molar-refractivity contribution in [1.82, 2.24) is 5.32 Å². The molecule has 0 saturated heterocycles. The lowest BCUT2D eigenvalue weighted by Crippen LogP contribution is -2.30. The first-order chi connectivity index (χ1) is 6.70. The van der Waals surface area contributed by atoms with Crippen LogP contribution in [0.2, 0.25) is 0 Å². The molecule has 1 N–H and O–H groups in total. The third-order valence-corrected chi connectivity index (χ3v) is 1.79. The summed E-state index contributed by atoms with van der Waals surface area (Å²) in [6, 6.07) is 0. The van der Waals surface area contributed by atoms with E-state index in [1.165, 1.54) is 0 Å². The quantitative estimate of drug-likeness (QED) is 0.450. The Kier molecular flexibility index (Phi) is 9.29. The number of ether oxygens (including phenoxy) is 3. The second-order valence-electron chi connectivity index (χ2n) is 3.38. The number of hydrogen-bond acceptors (Lipinski definition) is 4. The summed E-state index contributed by atoms with van der Waals surface area (Å²) < 4.78 is 15.5. The number of nitrogens with one attached hydrogen (secondary N) is 1. The van der Waals surface area contributed by atoms with Crippen LogP contribution in [0.4, 0.5) is 0 Å². The fourth-order valence-electron chi connectivity index (χ4n) is 0.999. The van der Waals surface area contributed by atoms with Gasteiger partial charge in [0.05, 0.1) is 6.10 Å². The molecule has 0 bridgehead atoms. The zero-order valence-corrected chi connectivity index (χ0v) is 9.71. The highest BCUT2D eigenvalue weighted by Crippen LogP contribution is 1.90. The number of rotatable bonds is 9. The Morgan fingerprint density at radius 1 is 1.14 bits per heavy atom. The predicted octanol–water partition coefficient (Wildman–Crippen LogP) is 1.01. The molecule has 0 fully saturated rings. The first-order valence-electron chi connectivity index (χ1n) is 5.08. The fourth-order valence-corrected chi connectivity index (χ4v) is 0.999. The summed E-state index contributed by atoms with van der Waals surface area (Å²) in [5.41, 5.74) is 0. The minimum atomic E-state index is -0.152. The Hall–Kier alpha value is -0.160. The van der Waals surface area contributed by atoms with Gasteiger partial charge in [0.15, 0.2) is 6.29 Å². The van der Waals surface area contributed by atoms with Crippen LogP contribution in [0.3, 0.4) is 0 Å². The Bertz CT molecular complexity index is 116. The van der Waals surface area contributed by atoms with Crippen LogP contribution in [0.1, 0.15) is 20.3 Å². The molecular weight excluding hydrogens is 182 g/mol. The van der Waals surface area contributed by atoms with Gasteiger partial charge in [-0.05, 0) is 26.8 Å². The molecule has 4 heteroatoms. The summed E-state index contributed by atoms with van der Waals surface area (Å²) in [5, 5.41) is 3.23. The van der Waals surface area contributed by atoms with Gasteiger partial charge in [0, 0.05) is 27.4 Å². The molecule has 0 aliphatic heterocycles. The summed E-state index contributed by atoms with van der Waals surface area (Å²) in [6.45, 7) is 6.53. The van der Waals surface area contributed by atoms with E-state index in [9.17, 15) is 0 Å². The van der Waals surface area contributed by atoms with Crippen molar-refractivity contribution in [3.63, 3.8) is 0 Å². The van der Waals surface area contributed by atoms with Gasteiger partial charge in [-0.3, -0.25) is 0 Å². The van der Waals surface area contributed by atoms with E-state index < -0.39 is 0 Å². The molecule has 0 heterocycles. The van der Waals surface area contributed by atoms with Crippen molar-refractivity contribution < 1.29 is 14.2 Å². The van der Waals surface area contributed by atoms with E-state index in [-0.39, 0.29) is 6.29 Å². The van der Waals surface area contributed by atoms with Gasteiger partial charge in [-0.15, -0.1) is 0 Å². The van der Waals surface area contributed by atoms with Crippen molar-refractivity contribution in [2.45, 2.75) is 32.7 Å². The van der Waals surface area contributed by atoms with Gasteiger partial charge >= 0.3 is 0 Å². The van der Waals surface area contributed by atoms with Gasteiger partial charge in [-0.2, -0.15) is 0 Å². The van der Waals surface area contributed by atoms with E-state index in [0.717, 1.165) is 19.6 Å². The molecule has 0 amide bonds. The lowest BCUT2D eigenvalue weighted by molar-refractivity contribution is -0.0988. The van der Waals surface area contributed by atoms with Crippen LogP contribution in [0.5, 0.6) is 0 Å². The van der Waals surface area contributed by atoms with Gasteiger partial charge in [-0.1, -0.05) is 0 Å². The van der Waals surface area contributed by atoms with E-state index >= 15 is 0 Å². The van der Waals surface area contributed by atoms with E-state index in [2.05, 4.69) is 5.32 Å². The maximum atomic E-state index is 5.40. The Balaban J connectivity index is 3.12. The maximum absolute atomic E-state index is 5.40. The van der Waals surface area contributed by atoms with E-state index in [1.54, 1.807) is 14.2 Å². The van der Waals surface area contributed by atoms with Crippen LogP contribution in [-0.2, 0) is 14.2 Å². The van der Waals surface area contributed by atoms with Crippen molar-refractivity contribution in [2.24, 2.45) is 0 Å². The van der Waals surface area contributed by atoms with E-state index in [4.69, 9.17) is 14.2 Å². The minimum Gasteiger partial charge on any atom is -0.379 e. The molecule has 0 aromatic carbocycles. The highest BCUT2D eigenvalue weighted by molar-refractivity contribution is 4.51. The molecule has 0 rings (SSSR count). The van der Waals surface area contributed by atoms with E-state index in [1.807, 2.05) is 13.8 Å². The topological polar surface area (TPSA) is 39.7 Å². The molecule has 0 radical (unpaired) electrons. The lowest BCUT2D eigenvalue weighted by atomic mass is 10.4. The molecule has 0 unspecified atom stereocenters. The molecule has 0 saturated carbocycles. The Morgan fingerprint density at radius 2 is 1.79 bits per heavy atom. The summed E-state index contributed by atoms with van der Waals surface area (Å²) in [5.74, 6) is 0. The number of methoxy groups -OCH3 is 2. The van der Waals surface area contributed by atoms with Crippen LogP contribution in [0.25, 0.3) is 0 Å². The molecule has 86 valence electrons. The van der Waals surface area contributed by atoms with Crippen molar-refractivity contribution in [3.05, 3.63) is 0 Å². The monoisotopic (exact) mass is 205 g/mol. The first-order valence-corrected chi connectivity index (χ1v) is 5.08. The lowest BCUT2D eigenvalue weighted by Gasteiger charge is -2.14. The summed E-state index contributed by atoms with van der Waals surface area (Å²) >= 11 is 0. The van der Waals surface area contributed by atoms with Gasteiger partial charge in [0.1, 0.15) is 0 Å². The van der Waals surface area contributed by atoms with Crippen LogP contribution < -0.4 is 5.32 Å². The Labute approximate surface area is 86.9 Å². The molecule has 0 aliphatic carbocycles. The molecule has 0 spiro atoms. The first kappa shape index (κ1) is 13.8. The standard InChI is InChI=1S/C10H23NO3/c1-9(2)14-7-5-6-11-8-10(12-3)13-4/h9-11H,5-8H2,1-4H3. The molecule has 0 atom stereocenters. The largest absolute Gasteiger partial charge is 0.379 e. The smallest absolute Gasteiger partial charge is 0.169 e. The van der Waals surface area contributed by atoms with Gasteiger partial charge in [0.25, 0.3) is 0 Å². The van der Waals surface area contributed by atoms with Crippen molar-refractivity contribution >= 4 is 0 Å². The summed E-state index contributed by atoms with van der Waals surface area (Å²) in [7, 11) is 3.27. The third-order valence-electron chi connectivity index (χ3n) is 1.79. The average molecular weight is 205 g/mol. The maximum Gasteiger partial charge on any atom is 0.169 e.